The van der Waals surface area contributed by atoms with Crippen LogP contribution in [0.25, 0.3) is 0 Å². The molecular weight excluding hydrogens is 496 g/mol. The van der Waals surface area contributed by atoms with E-state index in [1.165, 1.54) is 148 Å². The van der Waals surface area contributed by atoms with Gasteiger partial charge in [-0.15, -0.1) is 0 Å². The quantitative estimate of drug-likeness (QED) is 0.0633. The topological polar surface area (TPSA) is 63.6 Å². The predicted molar refractivity (Wildman–Crippen MR) is 172 cm³/mol. The number of aliphatic carboxylic acids is 1. The van der Waals surface area contributed by atoms with Crippen molar-refractivity contribution in [1.29, 1.82) is 0 Å². The fourth-order valence-corrected chi connectivity index (χ4v) is 5.65. The lowest BCUT2D eigenvalue weighted by Crippen LogP contribution is -2.19. The fourth-order valence-electron chi connectivity index (χ4n) is 5.65. The minimum atomic E-state index is -0.807. The van der Waals surface area contributed by atoms with Gasteiger partial charge in [-0.1, -0.05) is 174 Å². The highest BCUT2D eigenvalue weighted by molar-refractivity contribution is 5.69. The molecule has 0 aliphatic carbocycles. The third-order valence-electron chi connectivity index (χ3n) is 8.34. The van der Waals surface area contributed by atoms with E-state index in [0.717, 1.165) is 32.1 Å². The van der Waals surface area contributed by atoms with Crippen LogP contribution in [0.15, 0.2) is 0 Å². The zero-order chi connectivity index (χ0) is 29.4. The second-order valence-corrected chi connectivity index (χ2v) is 12.4. The van der Waals surface area contributed by atoms with Crippen molar-refractivity contribution >= 4 is 11.9 Å². The van der Waals surface area contributed by atoms with Crippen molar-refractivity contribution < 1.29 is 19.4 Å². The number of carbonyl (C=O) groups is 2. The van der Waals surface area contributed by atoms with E-state index < -0.39 is 5.97 Å². The number of carbonyl (C=O) groups excluding carboxylic acids is 1. The van der Waals surface area contributed by atoms with Gasteiger partial charge in [0, 0.05) is 12.8 Å². The Morgan fingerprint density at radius 1 is 0.450 bits per heavy atom. The third-order valence-corrected chi connectivity index (χ3v) is 8.34. The summed E-state index contributed by atoms with van der Waals surface area (Å²) in [7, 11) is 0. The molecule has 0 saturated carbocycles. The van der Waals surface area contributed by atoms with Gasteiger partial charge in [-0.2, -0.15) is 0 Å². The van der Waals surface area contributed by atoms with E-state index in [0.29, 0.717) is 12.8 Å². The van der Waals surface area contributed by atoms with Gasteiger partial charge in [-0.05, 0) is 25.7 Å². The number of carboxylic acid groups (broad SMARTS) is 1. The Labute approximate surface area is 250 Å². The molecule has 4 nitrogen and oxygen atoms in total. The molecule has 0 aliphatic heterocycles. The van der Waals surface area contributed by atoms with Gasteiger partial charge < -0.3 is 9.84 Å². The molecule has 1 atom stereocenters. The number of unbranched alkanes of at least 4 members (excludes halogenated alkanes) is 25. The van der Waals surface area contributed by atoms with Crippen LogP contribution in [0.4, 0.5) is 0 Å². The SMILES string of the molecule is CCCCCCCCCCCCCCCCCCC(CCC(=O)O)OC(=O)CCCCCCCCCCCCC. The third kappa shape index (κ3) is 31.5. The first-order valence-electron chi connectivity index (χ1n) is 18.0. The Bertz CT molecular complexity index is 533. The van der Waals surface area contributed by atoms with Crippen LogP contribution in [0.3, 0.4) is 0 Å². The van der Waals surface area contributed by atoms with Gasteiger partial charge in [0.1, 0.15) is 6.10 Å². The Morgan fingerprint density at radius 3 is 1.12 bits per heavy atom. The van der Waals surface area contributed by atoms with Gasteiger partial charge in [-0.25, -0.2) is 0 Å². The lowest BCUT2D eigenvalue weighted by atomic mass is 10.0. The van der Waals surface area contributed by atoms with Crippen LogP contribution in [-0.2, 0) is 14.3 Å². The molecule has 1 N–H and O–H groups in total. The summed E-state index contributed by atoms with van der Waals surface area (Å²) in [6.07, 6.45) is 36.9. The number of hydrogen-bond donors (Lipinski definition) is 1. The number of hydrogen-bond acceptors (Lipinski definition) is 3. The molecule has 0 fully saturated rings. The van der Waals surface area contributed by atoms with Gasteiger partial charge in [-0.3, -0.25) is 9.59 Å². The number of esters is 1. The summed E-state index contributed by atoms with van der Waals surface area (Å²) in [5, 5.41) is 9.08. The summed E-state index contributed by atoms with van der Waals surface area (Å²) >= 11 is 0. The molecule has 40 heavy (non-hydrogen) atoms. The zero-order valence-electron chi connectivity index (χ0n) is 27.2. The second-order valence-electron chi connectivity index (χ2n) is 12.4. The number of rotatable bonds is 33. The summed E-state index contributed by atoms with van der Waals surface area (Å²) in [4.78, 5) is 23.4. The molecule has 0 aromatic carbocycles. The standard InChI is InChI=1S/C36H70O4/c1-3-5-7-9-11-13-15-16-17-18-19-21-22-24-26-28-30-34(32-33-35(37)38)40-36(39)31-29-27-25-23-20-14-12-10-8-6-4-2/h34H,3-33H2,1-2H3,(H,37,38). The van der Waals surface area contributed by atoms with Crippen LogP contribution < -0.4 is 0 Å². The van der Waals surface area contributed by atoms with Crippen LogP contribution in [0.1, 0.15) is 213 Å². The van der Waals surface area contributed by atoms with Crippen LogP contribution >= 0.6 is 0 Å². The smallest absolute Gasteiger partial charge is 0.306 e. The van der Waals surface area contributed by atoms with Gasteiger partial charge in [0.25, 0.3) is 0 Å². The Hall–Kier alpha value is -1.06. The lowest BCUT2D eigenvalue weighted by molar-refractivity contribution is -0.151. The van der Waals surface area contributed by atoms with Crippen molar-refractivity contribution in [3.63, 3.8) is 0 Å². The molecule has 1 unspecified atom stereocenters. The van der Waals surface area contributed by atoms with Crippen molar-refractivity contribution in [3.8, 4) is 0 Å². The molecule has 4 heteroatoms. The van der Waals surface area contributed by atoms with Crippen molar-refractivity contribution in [2.75, 3.05) is 0 Å². The zero-order valence-corrected chi connectivity index (χ0v) is 27.2. The van der Waals surface area contributed by atoms with Gasteiger partial charge >= 0.3 is 11.9 Å². The van der Waals surface area contributed by atoms with E-state index in [1.54, 1.807) is 0 Å². The Balaban J connectivity index is 3.71. The first kappa shape index (κ1) is 38.9. The summed E-state index contributed by atoms with van der Waals surface area (Å²) in [6, 6.07) is 0. The molecule has 0 amide bonds. The predicted octanol–water partition coefficient (Wildman–Crippen LogP) is 12.1. The normalized spacial score (nSPS) is 12.1. The maximum absolute atomic E-state index is 12.4. The molecule has 0 rings (SSSR count). The van der Waals surface area contributed by atoms with Gasteiger partial charge in [0.2, 0.25) is 0 Å². The van der Waals surface area contributed by atoms with Crippen molar-refractivity contribution in [2.24, 2.45) is 0 Å². The summed E-state index contributed by atoms with van der Waals surface area (Å²) < 4.78 is 5.71. The summed E-state index contributed by atoms with van der Waals surface area (Å²) in [6.45, 7) is 4.54. The van der Waals surface area contributed by atoms with Crippen LogP contribution in [0.2, 0.25) is 0 Å². The average Bonchev–Trinajstić information content (AvgIpc) is 2.94. The first-order chi connectivity index (χ1) is 19.6. The fraction of sp³-hybridized carbons (Fsp3) is 0.944. The highest BCUT2D eigenvalue weighted by Crippen LogP contribution is 2.18. The molecule has 0 aromatic rings. The minimum absolute atomic E-state index is 0.0786. The molecule has 0 heterocycles. The van der Waals surface area contributed by atoms with E-state index in [9.17, 15) is 9.59 Å². The van der Waals surface area contributed by atoms with E-state index in [-0.39, 0.29) is 18.5 Å². The van der Waals surface area contributed by atoms with Crippen molar-refractivity contribution in [2.45, 2.75) is 219 Å². The van der Waals surface area contributed by atoms with Crippen LogP contribution in [0.5, 0.6) is 0 Å². The molecule has 0 aromatic heterocycles. The highest BCUT2D eigenvalue weighted by atomic mass is 16.5. The molecule has 238 valence electrons. The number of ether oxygens (including phenoxy) is 1. The molecule has 0 radical (unpaired) electrons. The molecule has 0 aliphatic rings. The van der Waals surface area contributed by atoms with E-state index in [2.05, 4.69) is 13.8 Å². The van der Waals surface area contributed by atoms with E-state index in [4.69, 9.17) is 9.84 Å². The second kappa shape index (κ2) is 32.5. The van der Waals surface area contributed by atoms with Crippen LogP contribution in [0, 0.1) is 0 Å². The van der Waals surface area contributed by atoms with Crippen LogP contribution in [-0.4, -0.2) is 23.1 Å². The number of carboxylic acids is 1. The summed E-state index contributed by atoms with van der Waals surface area (Å²) in [5.41, 5.74) is 0. The highest BCUT2D eigenvalue weighted by Gasteiger charge is 2.16. The van der Waals surface area contributed by atoms with Gasteiger partial charge in [0.05, 0.1) is 0 Å². The first-order valence-corrected chi connectivity index (χ1v) is 18.0. The Morgan fingerprint density at radius 2 is 0.775 bits per heavy atom. The monoisotopic (exact) mass is 567 g/mol. The van der Waals surface area contributed by atoms with E-state index >= 15 is 0 Å². The molecule has 0 spiro atoms. The maximum atomic E-state index is 12.4. The average molecular weight is 567 g/mol. The Kier molecular flexibility index (Phi) is 31.6. The van der Waals surface area contributed by atoms with E-state index in [1.807, 2.05) is 0 Å². The lowest BCUT2D eigenvalue weighted by Gasteiger charge is -2.17. The molecule has 0 bridgehead atoms. The van der Waals surface area contributed by atoms with Crippen molar-refractivity contribution in [1.82, 2.24) is 0 Å². The largest absolute Gasteiger partial charge is 0.481 e. The molecular formula is C36H70O4. The van der Waals surface area contributed by atoms with Gasteiger partial charge in [0.15, 0.2) is 0 Å². The maximum Gasteiger partial charge on any atom is 0.306 e. The van der Waals surface area contributed by atoms with Crippen molar-refractivity contribution in [3.05, 3.63) is 0 Å². The minimum Gasteiger partial charge on any atom is -0.481 e. The summed E-state index contributed by atoms with van der Waals surface area (Å²) in [5.74, 6) is -0.943. The molecule has 0 saturated heterocycles.